The van der Waals surface area contributed by atoms with Crippen LogP contribution in [0.1, 0.15) is 182 Å². The van der Waals surface area contributed by atoms with Gasteiger partial charge >= 0.3 is 11.9 Å². The van der Waals surface area contributed by atoms with Crippen molar-refractivity contribution in [3.63, 3.8) is 0 Å². The van der Waals surface area contributed by atoms with Crippen LogP contribution in [0.25, 0.3) is 0 Å². The minimum absolute atomic E-state index is 0.0228. The average molecular weight is 709 g/mol. The second-order valence-electron chi connectivity index (χ2n) is 14.8. The lowest BCUT2D eigenvalue weighted by Crippen LogP contribution is -2.46. The predicted molar refractivity (Wildman–Crippen MR) is 206 cm³/mol. The van der Waals surface area contributed by atoms with Gasteiger partial charge in [0.05, 0.1) is 44.7 Å². The Balaban J connectivity index is 2.75. The first kappa shape index (κ1) is 46.4. The Hall–Kier alpha value is -1.67. The van der Waals surface area contributed by atoms with E-state index in [9.17, 15) is 14.4 Å². The summed E-state index contributed by atoms with van der Waals surface area (Å²) in [6.07, 6.45) is 27.1. The molecule has 0 N–H and O–H groups in total. The summed E-state index contributed by atoms with van der Waals surface area (Å²) >= 11 is 0. The summed E-state index contributed by atoms with van der Waals surface area (Å²) in [5.74, 6) is -0.412. The maximum atomic E-state index is 13.5. The van der Waals surface area contributed by atoms with E-state index in [1.807, 2.05) is 0 Å². The molecule has 8 heteroatoms. The lowest BCUT2D eigenvalue weighted by molar-refractivity contribution is -0.152. The summed E-state index contributed by atoms with van der Waals surface area (Å²) in [6.45, 7) is 12.8. The highest BCUT2D eigenvalue weighted by atomic mass is 16.5. The first-order valence-corrected chi connectivity index (χ1v) is 21.4. The molecule has 1 heterocycles. The van der Waals surface area contributed by atoms with Crippen LogP contribution >= 0.6 is 0 Å². The Morgan fingerprint density at radius 3 is 1.26 bits per heavy atom. The molecule has 1 saturated heterocycles. The standard InChI is InChI=1S/C42H80N2O6/c1-5-9-13-17-19-23-27-38(25-21-15-11-7-3)41(46)49-35-31-44(40(45)37-43-29-33-48-34-30-43)32-36-50-42(47)39(26-22-16-12-8-4)28-24-20-18-14-10-6-2/h38-39H,5-37H2,1-4H3. The van der Waals surface area contributed by atoms with Gasteiger partial charge in [0, 0.05) is 13.1 Å². The number of amides is 1. The molecule has 0 radical (unpaired) electrons. The molecule has 0 aromatic rings. The van der Waals surface area contributed by atoms with Crippen molar-refractivity contribution in [3.8, 4) is 0 Å². The Labute approximate surface area is 308 Å². The van der Waals surface area contributed by atoms with Gasteiger partial charge in [0.25, 0.3) is 0 Å². The number of rotatable bonds is 34. The van der Waals surface area contributed by atoms with Crippen molar-refractivity contribution in [2.75, 3.05) is 59.2 Å². The number of morpholine rings is 1. The van der Waals surface area contributed by atoms with Gasteiger partial charge in [-0.3, -0.25) is 19.3 Å². The molecule has 0 aliphatic carbocycles. The van der Waals surface area contributed by atoms with Crippen LogP contribution in [-0.2, 0) is 28.6 Å². The average Bonchev–Trinajstić information content (AvgIpc) is 3.12. The van der Waals surface area contributed by atoms with E-state index >= 15 is 0 Å². The van der Waals surface area contributed by atoms with Crippen LogP contribution < -0.4 is 0 Å². The first-order chi connectivity index (χ1) is 24.5. The van der Waals surface area contributed by atoms with E-state index in [1.165, 1.54) is 89.9 Å². The van der Waals surface area contributed by atoms with Gasteiger partial charge < -0.3 is 19.1 Å². The van der Waals surface area contributed by atoms with Gasteiger partial charge in [0.15, 0.2) is 0 Å². The summed E-state index contributed by atoms with van der Waals surface area (Å²) in [5.41, 5.74) is 0. The largest absolute Gasteiger partial charge is 0.464 e. The summed E-state index contributed by atoms with van der Waals surface area (Å²) in [6, 6.07) is 0. The topological polar surface area (TPSA) is 85.4 Å². The molecular weight excluding hydrogens is 628 g/mol. The molecule has 1 aliphatic heterocycles. The van der Waals surface area contributed by atoms with Gasteiger partial charge in [-0.05, 0) is 25.7 Å². The van der Waals surface area contributed by atoms with E-state index in [2.05, 4.69) is 32.6 Å². The minimum atomic E-state index is -0.123. The Kier molecular flexibility index (Phi) is 30.8. The third kappa shape index (κ3) is 24.5. The molecule has 0 aromatic heterocycles. The minimum Gasteiger partial charge on any atom is -0.464 e. The van der Waals surface area contributed by atoms with Crippen molar-refractivity contribution in [3.05, 3.63) is 0 Å². The number of hydrogen-bond acceptors (Lipinski definition) is 7. The highest BCUT2D eigenvalue weighted by Crippen LogP contribution is 2.22. The van der Waals surface area contributed by atoms with Crippen molar-refractivity contribution in [2.45, 2.75) is 182 Å². The van der Waals surface area contributed by atoms with E-state index in [1.54, 1.807) is 4.90 Å². The third-order valence-electron chi connectivity index (χ3n) is 10.3. The molecule has 2 unspecified atom stereocenters. The normalized spacial score (nSPS) is 14.7. The number of unbranched alkanes of at least 4 members (excludes halogenated alkanes) is 16. The Bertz CT molecular complexity index is 768. The zero-order valence-electron chi connectivity index (χ0n) is 33.3. The molecule has 1 aliphatic rings. The third-order valence-corrected chi connectivity index (χ3v) is 10.3. The number of carbonyl (C=O) groups is 3. The zero-order chi connectivity index (χ0) is 36.5. The van der Waals surface area contributed by atoms with Crippen LogP contribution in [0.15, 0.2) is 0 Å². The summed E-state index contributed by atoms with van der Waals surface area (Å²) in [4.78, 5) is 43.9. The van der Waals surface area contributed by atoms with Crippen LogP contribution in [0.4, 0.5) is 0 Å². The highest BCUT2D eigenvalue weighted by Gasteiger charge is 2.24. The lowest BCUT2D eigenvalue weighted by Gasteiger charge is -2.29. The fraction of sp³-hybridized carbons (Fsp3) is 0.929. The van der Waals surface area contributed by atoms with Gasteiger partial charge in [-0.2, -0.15) is 0 Å². The van der Waals surface area contributed by atoms with Crippen molar-refractivity contribution in [1.82, 2.24) is 9.80 Å². The second kappa shape index (κ2) is 33.2. The maximum Gasteiger partial charge on any atom is 0.308 e. The van der Waals surface area contributed by atoms with Gasteiger partial charge in [0.2, 0.25) is 5.91 Å². The van der Waals surface area contributed by atoms with E-state index in [0.29, 0.717) is 32.8 Å². The van der Waals surface area contributed by atoms with Crippen molar-refractivity contribution in [1.29, 1.82) is 0 Å². The van der Waals surface area contributed by atoms with Gasteiger partial charge in [-0.1, -0.05) is 156 Å². The molecule has 2 atom stereocenters. The van der Waals surface area contributed by atoms with Crippen molar-refractivity contribution in [2.24, 2.45) is 11.8 Å². The zero-order valence-corrected chi connectivity index (χ0v) is 33.3. The van der Waals surface area contributed by atoms with E-state index in [0.717, 1.165) is 77.3 Å². The van der Waals surface area contributed by atoms with E-state index in [4.69, 9.17) is 14.2 Å². The van der Waals surface area contributed by atoms with Gasteiger partial charge in [0.1, 0.15) is 13.2 Å². The molecule has 1 rings (SSSR count). The maximum absolute atomic E-state index is 13.5. The molecule has 1 fully saturated rings. The van der Waals surface area contributed by atoms with E-state index in [-0.39, 0.29) is 42.9 Å². The summed E-state index contributed by atoms with van der Waals surface area (Å²) in [5, 5.41) is 0. The molecule has 1 amide bonds. The monoisotopic (exact) mass is 709 g/mol. The number of carbonyl (C=O) groups excluding carboxylic acids is 3. The highest BCUT2D eigenvalue weighted by molar-refractivity contribution is 5.78. The summed E-state index contributed by atoms with van der Waals surface area (Å²) < 4.78 is 17.2. The molecule has 294 valence electrons. The van der Waals surface area contributed by atoms with E-state index < -0.39 is 0 Å². The number of esters is 2. The molecule has 0 bridgehead atoms. The number of hydrogen-bond donors (Lipinski definition) is 0. The molecule has 0 aromatic carbocycles. The molecule has 50 heavy (non-hydrogen) atoms. The lowest BCUT2D eigenvalue weighted by atomic mass is 9.94. The van der Waals surface area contributed by atoms with Crippen molar-refractivity contribution >= 4 is 17.8 Å². The number of ether oxygens (including phenoxy) is 3. The fourth-order valence-corrected chi connectivity index (χ4v) is 6.90. The molecule has 0 spiro atoms. The second-order valence-corrected chi connectivity index (χ2v) is 14.8. The van der Waals surface area contributed by atoms with Gasteiger partial charge in [-0.15, -0.1) is 0 Å². The fourth-order valence-electron chi connectivity index (χ4n) is 6.90. The quantitative estimate of drug-likeness (QED) is 0.0486. The van der Waals surface area contributed by atoms with Crippen LogP contribution in [0.3, 0.4) is 0 Å². The van der Waals surface area contributed by atoms with Crippen LogP contribution in [0.5, 0.6) is 0 Å². The molecule has 0 saturated carbocycles. The molecular formula is C42H80N2O6. The van der Waals surface area contributed by atoms with Crippen LogP contribution in [-0.4, -0.2) is 86.8 Å². The summed E-state index contributed by atoms with van der Waals surface area (Å²) in [7, 11) is 0. The smallest absolute Gasteiger partial charge is 0.308 e. The van der Waals surface area contributed by atoms with Crippen LogP contribution in [0, 0.1) is 11.8 Å². The van der Waals surface area contributed by atoms with Crippen LogP contribution in [0.2, 0.25) is 0 Å². The Morgan fingerprint density at radius 2 is 0.880 bits per heavy atom. The molecule has 8 nitrogen and oxygen atoms in total. The Morgan fingerprint density at radius 1 is 0.540 bits per heavy atom. The SMILES string of the molecule is CCCCCCCCC(CCCCCC)C(=O)OCCN(CCOC(=O)C(CCCCCC)CCCCCCCC)C(=O)CN1CCOCC1. The number of nitrogens with zero attached hydrogens (tertiary/aromatic N) is 2. The van der Waals surface area contributed by atoms with Gasteiger partial charge in [-0.25, -0.2) is 0 Å². The van der Waals surface area contributed by atoms with Crippen molar-refractivity contribution < 1.29 is 28.6 Å². The first-order valence-electron chi connectivity index (χ1n) is 21.4. The predicted octanol–water partition coefficient (Wildman–Crippen LogP) is 9.91.